The second-order valence-electron chi connectivity index (χ2n) is 6.32. The van der Waals surface area contributed by atoms with Gasteiger partial charge in [-0.1, -0.05) is 60.5 Å². The molecule has 2 N–H and O–H groups in total. The van der Waals surface area contributed by atoms with Crippen LogP contribution in [0, 0.1) is 10.1 Å². The molecule has 0 amide bonds. The number of halogens is 2. The van der Waals surface area contributed by atoms with Crippen molar-refractivity contribution in [2.45, 2.75) is 13.3 Å². The van der Waals surface area contributed by atoms with Gasteiger partial charge in [0.15, 0.2) is 0 Å². The summed E-state index contributed by atoms with van der Waals surface area (Å²) in [5.74, 6) is -0.227. The quantitative estimate of drug-likeness (QED) is 0.267. The van der Waals surface area contributed by atoms with Gasteiger partial charge in [0.1, 0.15) is 6.33 Å². The number of aromatic nitrogens is 3. The first-order valence-electron chi connectivity index (χ1n) is 9.14. The first kappa shape index (κ1) is 22.2. The number of nitrogens with zero attached hydrogens (tertiary/aromatic N) is 4. The van der Waals surface area contributed by atoms with Gasteiger partial charge in [-0.3, -0.25) is 19.5 Å². The fourth-order valence-corrected chi connectivity index (χ4v) is 3.50. The molecule has 10 heteroatoms. The van der Waals surface area contributed by atoms with Crippen LogP contribution in [0.3, 0.4) is 0 Å². The average Bonchev–Trinajstić information content (AvgIpc) is 2.74. The van der Waals surface area contributed by atoms with Crippen LogP contribution < -0.4 is 11.3 Å². The second kappa shape index (κ2) is 9.55. The van der Waals surface area contributed by atoms with Crippen molar-refractivity contribution in [3.63, 3.8) is 0 Å². The highest BCUT2D eigenvalue weighted by Crippen LogP contribution is 2.25. The van der Waals surface area contributed by atoms with Crippen LogP contribution in [-0.2, 0) is 6.42 Å². The van der Waals surface area contributed by atoms with Crippen molar-refractivity contribution in [1.82, 2.24) is 14.5 Å². The standard InChI is InChI=1S/C17H14ClNO.C4H3ClN4O2/c1-2-13-11-12-7-6-10-15(18)16(12)17(20)19(13)14-8-4-3-5-9-14;5-3-2(9(10)11)4(6)8-1-7-3/h3-11H,2H2,1H3;1H,(H2,6,7,8). The van der Waals surface area contributed by atoms with E-state index in [-0.39, 0.29) is 16.5 Å². The van der Waals surface area contributed by atoms with Crippen LogP contribution in [0.15, 0.2) is 65.7 Å². The van der Waals surface area contributed by atoms with Crippen LogP contribution in [0.4, 0.5) is 11.5 Å². The summed E-state index contributed by atoms with van der Waals surface area (Å²) >= 11 is 11.6. The smallest absolute Gasteiger partial charge is 0.348 e. The largest absolute Gasteiger partial charge is 0.378 e. The summed E-state index contributed by atoms with van der Waals surface area (Å²) in [5.41, 5.74) is 6.49. The number of nitrogen functional groups attached to an aromatic ring is 1. The average molecular weight is 458 g/mol. The van der Waals surface area contributed by atoms with E-state index in [2.05, 4.69) is 9.97 Å². The molecular formula is C21H17Cl2N5O3. The Morgan fingerprint density at radius 2 is 1.81 bits per heavy atom. The Labute approximate surface area is 187 Å². The number of anilines is 1. The molecule has 2 aromatic carbocycles. The number of nitrogens with two attached hydrogens (primary N) is 1. The molecule has 0 aliphatic rings. The van der Waals surface area contributed by atoms with E-state index in [1.54, 1.807) is 10.6 Å². The number of aryl methyl sites for hydroxylation is 1. The zero-order chi connectivity index (χ0) is 22.5. The Kier molecular flexibility index (Phi) is 6.84. The van der Waals surface area contributed by atoms with E-state index in [1.165, 1.54) is 0 Å². The molecule has 31 heavy (non-hydrogen) atoms. The third-order valence-electron chi connectivity index (χ3n) is 4.44. The summed E-state index contributed by atoms with van der Waals surface area (Å²) in [6, 6.07) is 17.3. The van der Waals surface area contributed by atoms with Gasteiger partial charge in [-0.2, -0.15) is 0 Å². The van der Waals surface area contributed by atoms with Crippen molar-refractivity contribution < 1.29 is 4.92 Å². The minimum atomic E-state index is -0.725. The molecule has 4 rings (SSSR count). The highest BCUT2D eigenvalue weighted by atomic mass is 35.5. The fourth-order valence-electron chi connectivity index (χ4n) is 3.03. The Morgan fingerprint density at radius 1 is 1.10 bits per heavy atom. The molecule has 0 saturated heterocycles. The van der Waals surface area contributed by atoms with Crippen molar-refractivity contribution in [1.29, 1.82) is 0 Å². The van der Waals surface area contributed by atoms with E-state index in [9.17, 15) is 14.9 Å². The second-order valence-corrected chi connectivity index (χ2v) is 7.09. The van der Waals surface area contributed by atoms with Crippen molar-refractivity contribution in [3.8, 4) is 5.69 Å². The predicted octanol–water partition coefficient (Wildman–Crippen LogP) is 4.83. The molecule has 0 spiro atoms. The lowest BCUT2D eigenvalue weighted by atomic mass is 10.1. The summed E-state index contributed by atoms with van der Waals surface area (Å²) in [5, 5.41) is 11.9. The van der Waals surface area contributed by atoms with Gasteiger partial charge < -0.3 is 5.73 Å². The summed E-state index contributed by atoms with van der Waals surface area (Å²) in [7, 11) is 0. The van der Waals surface area contributed by atoms with Crippen LogP contribution in [0.5, 0.6) is 0 Å². The van der Waals surface area contributed by atoms with Crippen molar-refractivity contribution in [2.75, 3.05) is 5.73 Å². The third-order valence-corrected chi connectivity index (χ3v) is 5.03. The number of rotatable bonds is 3. The summed E-state index contributed by atoms with van der Waals surface area (Å²) in [4.78, 5) is 29.1. The molecule has 0 radical (unpaired) electrons. The van der Waals surface area contributed by atoms with E-state index < -0.39 is 10.6 Å². The maximum atomic E-state index is 12.8. The molecule has 0 saturated carbocycles. The van der Waals surface area contributed by atoms with Gasteiger partial charge in [-0.15, -0.1) is 0 Å². The van der Waals surface area contributed by atoms with E-state index in [4.69, 9.17) is 28.9 Å². The van der Waals surface area contributed by atoms with Gasteiger partial charge in [-0.25, -0.2) is 9.97 Å². The minimum absolute atomic E-state index is 0.0591. The van der Waals surface area contributed by atoms with Crippen molar-refractivity contribution in [2.24, 2.45) is 0 Å². The minimum Gasteiger partial charge on any atom is -0.378 e. The highest BCUT2D eigenvalue weighted by molar-refractivity contribution is 6.35. The Hall–Kier alpha value is -3.49. The number of para-hydroxylation sites is 1. The van der Waals surface area contributed by atoms with Crippen LogP contribution in [0.2, 0.25) is 10.2 Å². The molecule has 4 aromatic rings. The van der Waals surface area contributed by atoms with E-state index in [0.717, 1.165) is 29.5 Å². The lowest BCUT2D eigenvalue weighted by molar-refractivity contribution is -0.384. The van der Waals surface area contributed by atoms with Gasteiger partial charge >= 0.3 is 5.69 Å². The number of benzene rings is 2. The van der Waals surface area contributed by atoms with Crippen LogP contribution in [-0.4, -0.2) is 19.5 Å². The number of pyridine rings is 1. The maximum Gasteiger partial charge on any atom is 0.348 e. The normalized spacial score (nSPS) is 10.4. The SMILES string of the molecule is CCc1cc2cccc(Cl)c2c(=O)n1-c1ccccc1.Nc1ncnc(Cl)c1[N+](=O)[O-]. The van der Waals surface area contributed by atoms with Crippen LogP contribution in [0.1, 0.15) is 12.6 Å². The zero-order valence-electron chi connectivity index (χ0n) is 16.3. The maximum absolute atomic E-state index is 12.8. The summed E-state index contributed by atoms with van der Waals surface area (Å²) in [6.07, 6.45) is 1.84. The molecule has 158 valence electrons. The molecule has 0 fully saturated rings. The van der Waals surface area contributed by atoms with E-state index in [1.807, 2.05) is 55.5 Å². The van der Waals surface area contributed by atoms with Crippen molar-refractivity contribution >= 4 is 45.5 Å². The number of hydrogen-bond donors (Lipinski definition) is 1. The number of fused-ring (bicyclic) bond motifs is 1. The first-order chi connectivity index (χ1) is 14.8. The van der Waals surface area contributed by atoms with Gasteiger partial charge in [0, 0.05) is 11.4 Å². The molecule has 0 atom stereocenters. The highest BCUT2D eigenvalue weighted by Gasteiger charge is 2.18. The molecule has 2 heterocycles. The molecule has 0 bridgehead atoms. The van der Waals surface area contributed by atoms with Gasteiger partial charge in [0.05, 0.1) is 15.3 Å². The van der Waals surface area contributed by atoms with Crippen LogP contribution in [0.25, 0.3) is 16.5 Å². The van der Waals surface area contributed by atoms with E-state index in [0.29, 0.717) is 10.4 Å². The lowest BCUT2D eigenvalue weighted by Gasteiger charge is -2.14. The Bertz CT molecular complexity index is 1290. The fraction of sp³-hybridized carbons (Fsp3) is 0.0952. The van der Waals surface area contributed by atoms with Gasteiger partial charge in [0.25, 0.3) is 5.56 Å². The number of hydrogen-bond acceptors (Lipinski definition) is 6. The summed E-state index contributed by atoms with van der Waals surface area (Å²) < 4.78 is 1.74. The van der Waals surface area contributed by atoms with Crippen molar-refractivity contribution in [3.05, 3.63) is 97.3 Å². The monoisotopic (exact) mass is 457 g/mol. The predicted molar refractivity (Wildman–Crippen MR) is 122 cm³/mol. The van der Waals surface area contributed by atoms with E-state index >= 15 is 0 Å². The molecule has 2 aromatic heterocycles. The molecule has 8 nitrogen and oxygen atoms in total. The molecule has 0 aliphatic carbocycles. The Morgan fingerprint density at radius 3 is 2.39 bits per heavy atom. The van der Waals surface area contributed by atoms with Crippen LogP contribution >= 0.6 is 23.2 Å². The molecule has 0 unspecified atom stereocenters. The molecular weight excluding hydrogens is 441 g/mol. The third kappa shape index (κ3) is 4.65. The van der Waals surface area contributed by atoms with Gasteiger partial charge in [-0.05, 0) is 36.1 Å². The van der Waals surface area contributed by atoms with Gasteiger partial charge in [0.2, 0.25) is 11.0 Å². The molecule has 0 aliphatic heterocycles. The topological polar surface area (TPSA) is 117 Å². The first-order valence-corrected chi connectivity index (χ1v) is 9.89. The number of nitro groups is 1. The summed E-state index contributed by atoms with van der Waals surface area (Å²) in [6.45, 7) is 2.05. The zero-order valence-corrected chi connectivity index (χ0v) is 17.8. The Balaban J connectivity index is 0.000000210. The lowest BCUT2D eigenvalue weighted by Crippen LogP contribution is -2.22.